The lowest BCUT2D eigenvalue weighted by molar-refractivity contribution is 0.0949. The van der Waals surface area contributed by atoms with Crippen LogP contribution in [-0.2, 0) is 6.42 Å². The molecule has 0 spiro atoms. The number of nitrogens with one attached hydrogen (secondary N) is 2. The third-order valence-electron chi connectivity index (χ3n) is 4.12. The van der Waals surface area contributed by atoms with Gasteiger partial charge in [0.2, 0.25) is 5.95 Å². The van der Waals surface area contributed by atoms with E-state index in [0.717, 1.165) is 16.9 Å². The second-order valence-electron chi connectivity index (χ2n) is 6.47. The Morgan fingerprint density at radius 1 is 1.11 bits per heavy atom. The number of benzene rings is 2. The average Bonchev–Trinajstić information content (AvgIpc) is 2.68. The zero-order valence-corrected chi connectivity index (χ0v) is 16.6. The summed E-state index contributed by atoms with van der Waals surface area (Å²) >= 11 is 5.98. The van der Waals surface area contributed by atoms with E-state index >= 15 is 0 Å². The Hall–Kier alpha value is -3.12. The van der Waals surface area contributed by atoms with Crippen LogP contribution in [0.25, 0.3) is 0 Å². The molecule has 0 fully saturated rings. The van der Waals surface area contributed by atoms with Gasteiger partial charge in [-0.05, 0) is 54.4 Å². The monoisotopic (exact) mass is 395 g/mol. The van der Waals surface area contributed by atoms with Gasteiger partial charge in [-0.3, -0.25) is 4.79 Å². The molecule has 0 aliphatic rings. The highest BCUT2D eigenvalue weighted by atomic mass is 35.5. The molecule has 1 heterocycles. The third-order valence-corrected chi connectivity index (χ3v) is 4.35. The summed E-state index contributed by atoms with van der Waals surface area (Å²) in [6.45, 7) is 0.498. The number of rotatable bonds is 7. The van der Waals surface area contributed by atoms with Crippen molar-refractivity contribution in [1.29, 1.82) is 0 Å². The van der Waals surface area contributed by atoms with E-state index in [-0.39, 0.29) is 5.91 Å². The first-order valence-electron chi connectivity index (χ1n) is 8.91. The van der Waals surface area contributed by atoms with Gasteiger partial charge in [0, 0.05) is 43.2 Å². The van der Waals surface area contributed by atoms with Crippen LogP contribution in [0.2, 0.25) is 5.02 Å². The van der Waals surface area contributed by atoms with E-state index in [1.54, 1.807) is 12.3 Å². The Morgan fingerprint density at radius 2 is 1.89 bits per heavy atom. The van der Waals surface area contributed by atoms with Gasteiger partial charge in [-0.2, -0.15) is 0 Å². The number of hydrogen-bond acceptors (Lipinski definition) is 5. The van der Waals surface area contributed by atoms with E-state index in [0.29, 0.717) is 29.6 Å². The topological polar surface area (TPSA) is 70.2 Å². The molecule has 6 nitrogen and oxygen atoms in total. The number of anilines is 3. The first-order chi connectivity index (χ1) is 13.5. The molecule has 1 amide bonds. The van der Waals surface area contributed by atoms with Crippen molar-refractivity contribution in [2.75, 3.05) is 30.9 Å². The molecular weight excluding hydrogens is 374 g/mol. The van der Waals surface area contributed by atoms with Crippen molar-refractivity contribution in [2.24, 2.45) is 0 Å². The summed E-state index contributed by atoms with van der Waals surface area (Å²) in [5, 5.41) is 6.68. The van der Waals surface area contributed by atoms with E-state index in [1.165, 1.54) is 0 Å². The fourth-order valence-corrected chi connectivity index (χ4v) is 2.83. The van der Waals surface area contributed by atoms with E-state index < -0.39 is 0 Å². The third kappa shape index (κ3) is 5.44. The van der Waals surface area contributed by atoms with Gasteiger partial charge in [-0.15, -0.1) is 0 Å². The molecule has 7 heteroatoms. The fourth-order valence-electron chi connectivity index (χ4n) is 2.62. The van der Waals surface area contributed by atoms with Gasteiger partial charge in [0.25, 0.3) is 5.91 Å². The van der Waals surface area contributed by atoms with Crippen molar-refractivity contribution in [3.63, 3.8) is 0 Å². The lowest BCUT2D eigenvalue weighted by Gasteiger charge is -2.13. The molecule has 0 atom stereocenters. The Morgan fingerprint density at radius 3 is 2.61 bits per heavy atom. The summed E-state index contributed by atoms with van der Waals surface area (Å²) in [5.41, 5.74) is 3.33. The number of aromatic nitrogens is 2. The number of hydrogen-bond donors (Lipinski definition) is 2. The first-order valence-corrected chi connectivity index (χ1v) is 9.29. The van der Waals surface area contributed by atoms with Gasteiger partial charge in [-0.1, -0.05) is 23.7 Å². The number of carbonyl (C=O) groups excluding carboxylic acids is 1. The Balaban J connectivity index is 1.58. The number of nitrogens with zero attached hydrogens (tertiary/aromatic N) is 3. The van der Waals surface area contributed by atoms with Gasteiger partial charge >= 0.3 is 0 Å². The summed E-state index contributed by atoms with van der Waals surface area (Å²) in [7, 11) is 3.97. The SMILES string of the molecule is CN(C)c1ccc(Nc2nccc(C(=O)NCCc3cccc(Cl)c3)n2)cc1. The van der Waals surface area contributed by atoms with Crippen molar-refractivity contribution in [3.05, 3.63) is 77.1 Å². The molecule has 28 heavy (non-hydrogen) atoms. The molecule has 3 aromatic rings. The maximum absolute atomic E-state index is 12.4. The van der Waals surface area contributed by atoms with Gasteiger partial charge < -0.3 is 15.5 Å². The summed E-state index contributed by atoms with van der Waals surface area (Å²) in [4.78, 5) is 22.9. The minimum Gasteiger partial charge on any atom is -0.378 e. The maximum Gasteiger partial charge on any atom is 0.270 e. The molecule has 2 aromatic carbocycles. The van der Waals surface area contributed by atoms with Gasteiger partial charge in [-0.25, -0.2) is 9.97 Å². The summed E-state index contributed by atoms with van der Waals surface area (Å²) in [5.74, 6) is 0.135. The Bertz CT molecular complexity index is 944. The van der Waals surface area contributed by atoms with Gasteiger partial charge in [0.05, 0.1) is 0 Å². The predicted octanol–water partition coefficient (Wildman–Crippen LogP) is 3.91. The lowest BCUT2D eigenvalue weighted by Crippen LogP contribution is -2.26. The molecule has 0 bridgehead atoms. The average molecular weight is 396 g/mol. The second kappa shape index (κ2) is 9.19. The standard InChI is InChI=1S/C21H22ClN5O/c1-27(2)18-8-6-17(7-9-18)25-21-24-13-11-19(26-21)20(28)23-12-10-15-4-3-5-16(22)14-15/h3-9,11,13-14H,10,12H2,1-2H3,(H,23,28)(H,24,25,26). The summed E-state index contributed by atoms with van der Waals surface area (Å²) in [6, 6.07) is 17.1. The molecular formula is C21H22ClN5O. The normalized spacial score (nSPS) is 10.4. The van der Waals surface area contributed by atoms with Crippen molar-refractivity contribution in [3.8, 4) is 0 Å². The minimum absolute atomic E-state index is 0.240. The minimum atomic E-state index is -0.240. The molecule has 0 saturated carbocycles. The molecule has 0 aliphatic carbocycles. The quantitative estimate of drug-likeness (QED) is 0.634. The molecule has 0 aliphatic heterocycles. The van der Waals surface area contributed by atoms with E-state index in [9.17, 15) is 4.79 Å². The number of carbonyl (C=O) groups is 1. The highest BCUT2D eigenvalue weighted by Gasteiger charge is 2.09. The van der Waals surface area contributed by atoms with Crippen LogP contribution in [0, 0.1) is 0 Å². The van der Waals surface area contributed by atoms with Crippen LogP contribution >= 0.6 is 11.6 Å². The molecule has 3 rings (SSSR count). The molecule has 1 aromatic heterocycles. The van der Waals surface area contributed by atoms with Crippen molar-refractivity contribution in [2.45, 2.75) is 6.42 Å². The van der Waals surface area contributed by atoms with Crippen molar-refractivity contribution < 1.29 is 4.79 Å². The molecule has 0 radical (unpaired) electrons. The number of halogens is 1. The van der Waals surface area contributed by atoms with Crippen LogP contribution in [-0.4, -0.2) is 36.5 Å². The lowest BCUT2D eigenvalue weighted by atomic mass is 10.1. The van der Waals surface area contributed by atoms with Gasteiger partial charge in [0.1, 0.15) is 5.69 Å². The Kier molecular flexibility index (Phi) is 6.45. The highest BCUT2D eigenvalue weighted by Crippen LogP contribution is 2.18. The summed E-state index contributed by atoms with van der Waals surface area (Å²) in [6.07, 6.45) is 2.26. The van der Waals surface area contributed by atoms with Crippen LogP contribution in [0.3, 0.4) is 0 Å². The van der Waals surface area contributed by atoms with E-state index in [4.69, 9.17) is 11.6 Å². The molecule has 0 saturated heterocycles. The van der Waals surface area contributed by atoms with Crippen LogP contribution in [0.5, 0.6) is 0 Å². The predicted molar refractivity (Wildman–Crippen MR) is 114 cm³/mol. The second-order valence-corrected chi connectivity index (χ2v) is 6.90. The molecule has 144 valence electrons. The smallest absolute Gasteiger partial charge is 0.270 e. The largest absolute Gasteiger partial charge is 0.378 e. The van der Waals surface area contributed by atoms with Crippen LogP contribution < -0.4 is 15.5 Å². The highest BCUT2D eigenvalue weighted by molar-refractivity contribution is 6.30. The number of amides is 1. The van der Waals surface area contributed by atoms with Crippen LogP contribution in [0.1, 0.15) is 16.1 Å². The van der Waals surface area contributed by atoms with Crippen molar-refractivity contribution >= 4 is 34.8 Å². The summed E-state index contributed by atoms with van der Waals surface area (Å²) < 4.78 is 0. The van der Waals surface area contributed by atoms with Gasteiger partial charge in [0.15, 0.2) is 0 Å². The zero-order chi connectivity index (χ0) is 19.9. The maximum atomic E-state index is 12.4. The fraction of sp³-hybridized carbons (Fsp3) is 0.190. The molecule has 0 unspecified atom stereocenters. The van der Waals surface area contributed by atoms with Crippen LogP contribution in [0.4, 0.5) is 17.3 Å². The van der Waals surface area contributed by atoms with E-state index in [2.05, 4.69) is 20.6 Å². The van der Waals surface area contributed by atoms with E-state index in [1.807, 2.05) is 67.5 Å². The first kappa shape index (κ1) is 19.6. The zero-order valence-electron chi connectivity index (χ0n) is 15.8. The van der Waals surface area contributed by atoms with Crippen molar-refractivity contribution in [1.82, 2.24) is 15.3 Å². The van der Waals surface area contributed by atoms with Crippen LogP contribution in [0.15, 0.2) is 60.8 Å². The molecule has 2 N–H and O–H groups in total. The Labute approximate surface area is 169 Å².